The molecular formula is C28H33FN4O. The molecular weight excluding hydrogens is 427 g/mol. The molecule has 5 rings (SSSR count). The molecule has 2 aromatic carbocycles. The lowest BCUT2D eigenvalue weighted by Gasteiger charge is -2.38. The van der Waals surface area contributed by atoms with Crippen molar-refractivity contribution in [1.29, 1.82) is 0 Å². The standard InChI is InChI=1S/C28H33FN4O/c1-20(31-28(34)33-17-15-32(16-18-33)24-5-3-2-4-6-24)21-7-9-22(10-8-21)25-13-14-30-27-12-11-23(29)19-26(25)27/h2-6,11-14,19-22H,7-10,15-18H2,1H3,(H,31,34)/t20-,21-,22+/m1/s1. The molecule has 0 bridgehead atoms. The number of para-hydroxylation sites is 1. The number of urea groups is 1. The summed E-state index contributed by atoms with van der Waals surface area (Å²) in [5.41, 5.74) is 3.28. The molecule has 1 saturated carbocycles. The van der Waals surface area contributed by atoms with Gasteiger partial charge in [-0.3, -0.25) is 4.98 Å². The quantitative estimate of drug-likeness (QED) is 0.554. The van der Waals surface area contributed by atoms with Crippen LogP contribution < -0.4 is 10.2 Å². The van der Waals surface area contributed by atoms with Gasteiger partial charge in [0, 0.05) is 49.5 Å². The predicted octanol–water partition coefficient (Wildman–Crippen LogP) is 5.57. The number of fused-ring (bicyclic) bond motifs is 1. The average molecular weight is 461 g/mol. The van der Waals surface area contributed by atoms with Crippen molar-refractivity contribution < 1.29 is 9.18 Å². The number of hydrogen-bond acceptors (Lipinski definition) is 3. The highest BCUT2D eigenvalue weighted by atomic mass is 19.1. The van der Waals surface area contributed by atoms with Gasteiger partial charge in [0.25, 0.3) is 0 Å². The second-order valence-electron chi connectivity index (χ2n) is 9.72. The Kier molecular flexibility index (Phi) is 6.66. The summed E-state index contributed by atoms with van der Waals surface area (Å²) in [5.74, 6) is 0.671. The molecule has 0 radical (unpaired) electrons. The highest BCUT2D eigenvalue weighted by Crippen LogP contribution is 2.39. The molecule has 1 aliphatic heterocycles. The van der Waals surface area contributed by atoms with Gasteiger partial charge in [0.1, 0.15) is 5.82 Å². The molecule has 1 aromatic heterocycles. The number of aromatic nitrogens is 1. The zero-order chi connectivity index (χ0) is 23.5. The summed E-state index contributed by atoms with van der Waals surface area (Å²) in [5, 5.41) is 4.21. The SMILES string of the molecule is C[C@@H](NC(=O)N1CCN(c2ccccc2)CC1)[C@H]1CC[C@@H](c2ccnc3ccc(F)cc32)CC1. The molecule has 2 amide bonds. The van der Waals surface area contributed by atoms with Gasteiger partial charge in [-0.1, -0.05) is 18.2 Å². The van der Waals surface area contributed by atoms with E-state index in [-0.39, 0.29) is 17.9 Å². The third-order valence-electron chi connectivity index (χ3n) is 7.70. The van der Waals surface area contributed by atoms with E-state index in [1.165, 1.54) is 17.3 Å². The van der Waals surface area contributed by atoms with Crippen molar-refractivity contribution in [3.05, 3.63) is 72.2 Å². The summed E-state index contributed by atoms with van der Waals surface area (Å²) < 4.78 is 13.9. The summed E-state index contributed by atoms with van der Waals surface area (Å²) in [7, 11) is 0. The van der Waals surface area contributed by atoms with E-state index >= 15 is 0 Å². The van der Waals surface area contributed by atoms with Gasteiger partial charge in [0.2, 0.25) is 0 Å². The lowest BCUT2D eigenvalue weighted by molar-refractivity contribution is 0.181. The Bertz CT molecular complexity index is 1120. The number of rotatable bonds is 4. The highest BCUT2D eigenvalue weighted by molar-refractivity contribution is 5.82. The van der Waals surface area contributed by atoms with E-state index in [9.17, 15) is 9.18 Å². The topological polar surface area (TPSA) is 48.5 Å². The molecule has 2 heterocycles. The van der Waals surface area contributed by atoms with E-state index in [1.807, 2.05) is 23.2 Å². The van der Waals surface area contributed by atoms with Crippen LogP contribution in [0.3, 0.4) is 0 Å². The molecule has 1 saturated heterocycles. The summed E-state index contributed by atoms with van der Waals surface area (Å²) in [4.78, 5) is 21.6. The van der Waals surface area contributed by atoms with Gasteiger partial charge in [0.05, 0.1) is 5.52 Å². The molecule has 1 aliphatic carbocycles. The van der Waals surface area contributed by atoms with Gasteiger partial charge in [-0.05, 0) is 86.4 Å². The average Bonchev–Trinajstić information content (AvgIpc) is 2.89. The number of halogens is 1. The van der Waals surface area contributed by atoms with Crippen LogP contribution in [-0.2, 0) is 0 Å². The number of carbonyl (C=O) groups is 1. The monoisotopic (exact) mass is 460 g/mol. The van der Waals surface area contributed by atoms with E-state index in [2.05, 4.69) is 46.4 Å². The number of benzene rings is 2. The maximum atomic E-state index is 13.9. The van der Waals surface area contributed by atoms with Crippen molar-refractivity contribution in [2.24, 2.45) is 5.92 Å². The fourth-order valence-corrected chi connectivity index (χ4v) is 5.64. The lowest BCUT2D eigenvalue weighted by atomic mass is 9.75. The van der Waals surface area contributed by atoms with E-state index in [1.54, 1.807) is 12.1 Å². The minimum absolute atomic E-state index is 0.0536. The second kappa shape index (κ2) is 10.00. The zero-order valence-corrected chi connectivity index (χ0v) is 19.8. The largest absolute Gasteiger partial charge is 0.368 e. The summed E-state index contributed by atoms with van der Waals surface area (Å²) >= 11 is 0. The molecule has 0 spiro atoms. The molecule has 2 fully saturated rings. The Balaban J connectivity index is 1.13. The first-order valence-corrected chi connectivity index (χ1v) is 12.5. The maximum absolute atomic E-state index is 13.9. The Morgan fingerprint density at radius 3 is 2.47 bits per heavy atom. The molecule has 1 N–H and O–H groups in total. The van der Waals surface area contributed by atoms with Crippen LogP contribution in [-0.4, -0.2) is 48.1 Å². The van der Waals surface area contributed by atoms with Crippen LogP contribution >= 0.6 is 0 Å². The molecule has 2 aliphatic rings. The molecule has 5 nitrogen and oxygen atoms in total. The van der Waals surface area contributed by atoms with Crippen molar-refractivity contribution >= 4 is 22.6 Å². The molecule has 178 valence electrons. The fourth-order valence-electron chi connectivity index (χ4n) is 5.64. The number of nitrogens with one attached hydrogen (secondary N) is 1. The number of carbonyl (C=O) groups excluding carboxylic acids is 1. The van der Waals surface area contributed by atoms with Gasteiger partial charge in [-0.25, -0.2) is 9.18 Å². The minimum Gasteiger partial charge on any atom is -0.368 e. The summed E-state index contributed by atoms with van der Waals surface area (Å²) in [6.45, 7) is 5.34. The Morgan fingerprint density at radius 1 is 1.00 bits per heavy atom. The van der Waals surface area contributed by atoms with Crippen LogP contribution in [0.25, 0.3) is 10.9 Å². The molecule has 6 heteroatoms. The van der Waals surface area contributed by atoms with Crippen molar-refractivity contribution in [3.63, 3.8) is 0 Å². The van der Waals surface area contributed by atoms with Gasteiger partial charge >= 0.3 is 6.03 Å². The number of anilines is 1. The second-order valence-corrected chi connectivity index (χ2v) is 9.72. The maximum Gasteiger partial charge on any atom is 0.317 e. The normalized spacial score (nSPS) is 21.9. The van der Waals surface area contributed by atoms with Gasteiger partial charge in [-0.15, -0.1) is 0 Å². The third-order valence-corrected chi connectivity index (χ3v) is 7.70. The molecule has 1 atom stereocenters. The first-order valence-electron chi connectivity index (χ1n) is 12.5. The molecule has 34 heavy (non-hydrogen) atoms. The molecule has 0 unspecified atom stereocenters. The molecule has 3 aromatic rings. The predicted molar refractivity (Wildman–Crippen MR) is 135 cm³/mol. The van der Waals surface area contributed by atoms with Crippen LogP contribution in [0.1, 0.15) is 44.1 Å². The first-order chi connectivity index (χ1) is 16.6. The van der Waals surface area contributed by atoms with Crippen molar-refractivity contribution in [3.8, 4) is 0 Å². The lowest BCUT2D eigenvalue weighted by Crippen LogP contribution is -2.54. The van der Waals surface area contributed by atoms with Crippen LogP contribution in [0.2, 0.25) is 0 Å². The number of amides is 2. The fraction of sp³-hybridized carbons (Fsp3) is 0.429. The van der Waals surface area contributed by atoms with Crippen molar-refractivity contribution in [2.75, 3.05) is 31.1 Å². The Labute approximate surface area is 201 Å². The van der Waals surface area contributed by atoms with Crippen molar-refractivity contribution in [2.45, 2.75) is 44.6 Å². The highest BCUT2D eigenvalue weighted by Gasteiger charge is 2.29. The number of hydrogen-bond donors (Lipinski definition) is 1. The number of nitrogens with zero attached hydrogens (tertiary/aromatic N) is 3. The smallest absolute Gasteiger partial charge is 0.317 e. The van der Waals surface area contributed by atoms with Crippen LogP contribution in [0.15, 0.2) is 60.8 Å². The van der Waals surface area contributed by atoms with E-state index in [4.69, 9.17) is 0 Å². The number of pyridine rings is 1. The van der Waals surface area contributed by atoms with Gasteiger partial charge in [-0.2, -0.15) is 0 Å². The third kappa shape index (κ3) is 4.86. The van der Waals surface area contributed by atoms with Gasteiger partial charge < -0.3 is 15.1 Å². The summed E-state index contributed by atoms with van der Waals surface area (Å²) in [6.07, 6.45) is 6.06. The Morgan fingerprint density at radius 2 is 1.74 bits per heavy atom. The van der Waals surface area contributed by atoms with E-state index in [0.29, 0.717) is 11.8 Å². The van der Waals surface area contributed by atoms with Crippen molar-refractivity contribution in [1.82, 2.24) is 15.2 Å². The minimum atomic E-state index is -0.212. The zero-order valence-electron chi connectivity index (χ0n) is 19.8. The first kappa shape index (κ1) is 22.6. The number of piperazine rings is 1. The van der Waals surface area contributed by atoms with Crippen LogP contribution in [0, 0.1) is 11.7 Å². The van der Waals surface area contributed by atoms with Gasteiger partial charge in [0.15, 0.2) is 0 Å². The van der Waals surface area contributed by atoms with Crippen LogP contribution in [0.5, 0.6) is 0 Å². The Hall–Kier alpha value is -3.15. The summed E-state index contributed by atoms with van der Waals surface area (Å²) in [6, 6.07) is 17.5. The van der Waals surface area contributed by atoms with E-state index < -0.39 is 0 Å². The van der Waals surface area contributed by atoms with E-state index in [0.717, 1.165) is 62.8 Å². The van der Waals surface area contributed by atoms with Crippen LogP contribution in [0.4, 0.5) is 14.9 Å².